The molecule has 0 radical (unpaired) electrons. The van der Waals surface area contributed by atoms with E-state index in [1.807, 2.05) is 0 Å². The molecule has 0 aromatic heterocycles. The van der Waals surface area contributed by atoms with E-state index in [1.54, 1.807) is 0 Å². The van der Waals surface area contributed by atoms with Gasteiger partial charge in [0, 0.05) is 0 Å². The molecule has 20 heavy (non-hydrogen) atoms. The SMILES string of the molecule is Fc1ccc(C(SC(F)(F)F)c2ccc(F)cc2)cc1. The first-order chi connectivity index (χ1) is 9.35. The molecule has 0 spiro atoms. The first-order valence-electron chi connectivity index (χ1n) is 5.60. The third-order valence-corrected chi connectivity index (χ3v) is 3.64. The van der Waals surface area contributed by atoms with Gasteiger partial charge in [-0.1, -0.05) is 24.3 Å². The lowest BCUT2D eigenvalue weighted by molar-refractivity contribution is -0.0332. The van der Waals surface area contributed by atoms with Crippen molar-refractivity contribution >= 4 is 11.8 Å². The highest BCUT2D eigenvalue weighted by atomic mass is 32.2. The first-order valence-corrected chi connectivity index (χ1v) is 6.48. The highest BCUT2D eigenvalue weighted by Crippen LogP contribution is 2.45. The maximum atomic E-state index is 12.9. The van der Waals surface area contributed by atoms with Gasteiger partial charge in [-0.15, -0.1) is 0 Å². The third kappa shape index (κ3) is 3.96. The maximum Gasteiger partial charge on any atom is 0.442 e. The Hall–Kier alpha value is -1.56. The molecule has 0 fully saturated rings. The van der Waals surface area contributed by atoms with Gasteiger partial charge in [0.1, 0.15) is 11.6 Å². The molecule has 0 atom stereocenters. The van der Waals surface area contributed by atoms with E-state index < -0.39 is 22.4 Å². The van der Waals surface area contributed by atoms with Crippen LogP contribution in [0.3, 0.4) is 0 Å². The summed E-state index contributed by atoms with van der Waals surface area (Å²) in [7, 11) is 0. The van der Waals surface area contributed by atoms with Gasteiger partial charge in [0.15, 0.2) is 0 Å². The summed E-state index contributed by atoms with van der Waals surface area (Å²) < 4.78 is 63.7. The summed E-state index contributed by atoms with van der Waals surface area (Å²) in [6.07, 6.45) is 0. The predicted molar refractivity (Wildman–Crippen MR) is 68.3 cm³/mol. The molecule has 2 rings (SSSR count). The van der Waals surface area contributed by atoms with Crippen LogP contribution in [-0.4, -0.2) is 5.51 Å². The summed E-state index contributed by atoms with van der Waals surface area (Å²) in [5, 5.41) is -1.06. The number of thioether (sulfide) groups is 1. The average molecular weight is 304 g/mol. The van der Waals surface area contributed by atoms with Gasteiger partial charge >= 0.3 is 5.51 Å². The molecule has 0 saturated carbocycles. The molecule has 0 nitrogen and oxygen atoms in total. The Morgan fingerprint density at radius 2 is 1.05 bits per heavy atom. The van der Waals surface area contributed by atoms with Crippen molar-refractivity contribution in [3.63, 3.8) is 0 Å². The summed E-state index contributed by atoms with van der Waals surface area (Å²) in [6.45, 7) is 0. The fourth-order valence-corrected chi connectivity index (χ4v) is 2.59. The normalized spacial score (nSPS) is 11.9. The summed E-state index contributed by atoms with van der Waals surface area (Å²) >= 11 is -0.225. The van der Waals surface area contributed by atoms with Crippen molar-refractivity contribution in [2.24, 2.45) is 0 Å². The Bertz CT molecular complexity index is 514. The monoisotopic (exact) mass is 304 g/mol. The van der Waals surface area contributed by atoms with Crippen LogP contribution in [0.2, 0.25) is 0 Å². The molecule has 0 aliphatic carbocycles. The quantitative estimate of drug-likeness (QED) is 0.693. The topological polar surface area (TPSA) is 0 Å². The molecular weight excluding hydrogens is 295 g/mol. The lowest BCUT2D eigenvalue weighted by atomic mass is 10.0. The Kier molecular flexibility index (Phi) is 4.32. The summed E-state index contributed by atoms with van der Waals surface area (Å²) in [6, 6.07) is 9.57. The van der Waals surface area contributed by atoms with E-state index in [9.17, 15) is 22.0 Å². The summed E-state index contributed by atoms with van der Waals surface area (Å²) in [5.74, 6) is -1.05. The second-order valence-electron chi connectivity index (χ2n) is 4.05. The van der Waals surface area contributed by atoms with E-state index in [1.165, 1.54) is 24.3 Å². The van der Waals surface area contributed by atoms with Gasteiger partial charge in [0.2, 0.25) is 0 Å². The fourth-order valence-electron chi connectivity index (χ4n) is 1.74. The molecule has 0 N–H and O–H groups in total. The molecule has 0 amide bonds. The van der Waals surface area contributed by atoms with Gasteiger partial charge in [-0.25, -0.2) is 8.78 Å². The van der Waals surface area contributed by atoms with E-state index in [-0.39, 0.29) is 11.8 Å². The van der Waals surface area contributed by atoms with Gasteiger partial charge in [-0.2, -0.15) is 13.2 Å². The molecule has 0 unspecified atom stereocenters. The molecule has 2 aromatic rings. The highest BCUT2D eigenvalue weighted by molar-refractivity contribution is 8.00. The van der Waals surface area contributed by atoms with Crippen LogP contribution in [0.25, 0.3) is 0 Å². The highest BCUT2D eigenvalue weighted by Gasteiger charge is 2.34. The molecule has 0 heterocycles. The van der Waals surface area contributed by atoms with Crippen LogP contribution in [0.15, 0.2) is 48.5 Å². The Balaban J connectivity index is 2.38. The number of alkyl halides is 3. The fraction of sp³-hybridized carbons (Fsp3) is 0.143. The van der Waals surface area contributed by atoms with Crippen LogP contribution in [0, 0.1) is 11.6 Å². The Morgan fingerprint density at radius 1 is 0.700 bits per heavy atom. The molecular formula is C14H9F5S. The zero-order chi connectivity index (χ0) is 14.8. The average Bonchev–Trinajstić information content (AvgIpc) is 2.37. The Morgan fingerprint density at radius 3 is 1.35 bits per heavy atom. The second-order valence-corrected chi connectivity index (χ2v) is 5.22. The number of hydrogen-bond donors (Lipinski definition) is 0. The molecule has 0 bridgehead atoms. The van der Waals surface area contributed by atoms with Crippen molar-refractivity contribution in [2.45, 2.75) is 10.8 Å². The van der Waals surface area contributed by atoms with Crippen LogP contribution in [0.4, 0.5) is 22.0 Å². The lowest BCUT2D eigenvalue weighted by Crippen LogP contribution is -2.07. The standard InChI is InChI=1S/C14H9F5S/c15-11-5-1-9(2-6-11)13(20-14(17,18)19)10-3-7-12(16)8-4-10/h1-8,13H. The van der Waals surface area contributed by atoms with Crippen LogP contribution < -0.4 is 0 Å². The van der Waals surface area contributed by atoms with Crippen molar-refractivity contribution < 1.29 is 22.0 Å². The predicted octanol–water partition coefficient (Wildman–Crippen LogP) is 5.31. The van der Waals surface area contributed by atoms with Gasteiger partial charge in [-0.05, 0) is 47.2 Å². The smallest absolute Gasteiger partial charge is 0.207 e. The molecule has 0 aliphatic rings. The molecule has 0 aliphatic heterocycles. The number of halogens is 5. The van der Waals surface area contributed by atoms with Crippen molar-refractivity contribution in [2.75, 3.05) is 0 Å². The van der Waals surface area contributed by atoms with E-state index in [0.717, 1.165) is 24.3 Å². The zero-order valence-electron chi connectivity index (χ0n) is 9.99. The van der Waals surface area contributed by atoms with Crippen LogP contribution in [-0.2, 0) is 0 Å². The van der Waals surface area contributed by atoms with Crippen molar-refractivity contribution in [1.29, 1.82) is 0 Å². The first kappa shape index (κ1) is 14.8. The second kappa shape index (κ2) is 5.83. The number of hydrogen-bond acceptors (Lipinski definition) is 1. The minimum atomic E-state index is -4.45. The summed E-state index contributed by atoms with van der Waals surface area (Å²) in [4.78, 5) is 0. The Labute approximate surface area is 116 Å². The molecule has 2 aromatic carbocycles. The molecule has 106 valence electrons. The minimum absolute atomic E-state index is 0.225. The molecule has 0 saturated heterocycles. The lowest BCUT2D eigenvalue weighted by Gasteiger charge is -2.19. The van der Waals surface area contributed by atoms with Crippen molar-refractivity contribution in [3.8, 4) is 0 Å². The van der Waals surface area contributed by atoms with Crippen LogP contribution in [0.1, 0.15) is 16.4 Å². The van der Waals surface area contributed by atoms with Gasteiger partial charge < -0.3 is 0 Å². The zero-order valence-corrected chi connectivity index (χ0v) is 10.8. The van der Waals surface area contributed by atoms with Crippen molar-refractivity contribution in [3.05, 3.63) is 71.3 Å². The van der Waals surface area contributed by atoms with Gasteiger partial charge in [-0.3, -0.25) is 0 Å². The minimum Gasteiger partial charge on any atom is -0.207 e. The van der Waals surface area contributed by atoms with Gasteiger partial charge in [0.25, 0.3) is 0 Å². The van der Waals surface area contributed by atoms with E-state index in [2.05, 4.69) is 0 Å². The van der Waals surface area contributed by atoms with Crippen LogP contribution >= 0.6 is 11.8 Å². The van der Waals surface area contributed by atoms with E-state index >= 15 is 0 Å². The van der Waals surface area contributed by atoms with Gasteiger partial charge in [0.05, 0.1) is 5.25 Å². The number of benzene rings is 2. The number of rotatable bonds is 3. The van der Waals surface area contributed by atoms with Crippen molar-refractivity contribution in [1.82, 2.24) is 0 Å². The largest absolute Gasteiger partial charge is 0.442 e. The summed E-state index contributed by atoms with van der Waals surface area (Å²) in [5.41, 5.74) is -3.84. The third-order valence-electron chi connectivity index (χ3n) is 2.60. The van der Waals surface area contributed by atoms with E-state index in [4.69, 9.17) is 0 Å². The van der Waals surface area contributed by atoms with E-state index in [0.29, 0.717) is 11.1 Å². The van der Waals surface area contributed by atoms with Crippen LogP contribution in [0.5, 0.6) is 0 Å². The maximum absolute atomic E-state index is 12.9. The molecule has 6 heteroatoms.